The maximum atomic E-state index is 12.1. The summed E-state index contributed by atoms with van der Waals surface area (Å²) in [5.41, 5.74) is 3.03. The number of hydrogen-bond acceptors (Lipinski definition) is 4. The van der Waals surface area contributed by atoms with Gasteiger partial charge in [-0.15, -0.1) is 0 Å². The zero-order chi connectivity index (χ0) is 18.4. The van der Waals surface area contributed by atoms with Crippen molar-refractivity contribution in [2.24, 2.45) is 0 Å². The molecule has 26 heavy (non-hydrogen) atoms. The number of nitrogens with zero attached hydrogens (tertiary/aromatic N) is 2. The molecule has 0 spiro atoms. The van der Waals surface area contributed by atoms with Crippen LogP contribution in [-0.4, -0.2) is 16.0 Å². The average Bonchev–Trinajstić information content (AvgIpc) is 3.11. The smallest absolute Gasteiger partial charge is 0.229 e. The van der Waals surface area contributed by atoms with Gasteiger partial charge in [0.15, 0.2) is 5.82 Å². The first-order valence-electron chi connectivity index (χ1n) is 8.85. The number of hydrogen-bond donors (Lipinski definition) is 1. The van der Waals surface area contributed by atoms with Crippen LogP contribution in [0, 0.1) is 0 Å². The lowest BCUT2D eigenvalue weighted by atomic mass is 10.1. The second-order valence-electron chi connectivity index (χ2n) is 6.61. The highest BCUT2D eigenvalue weighted by Crippen LogP contribution is 2.15. The van der Waals surface area contributed by atoms with Crippen molar-refractivity contribution in [1.29, 1.82) is 0 Å². The molecule has 1 heterocycles. The van der Waals surface area contributed by atoms with E-state index in [0.717, 1.165) is 17.7 Å². The van der Waals surface area contributed by atoms with Crippen LogP contribution in [0.5, 0.6) is 0 Å². The van der Waals surface area contributed by atoms with Crippen LogP contribution in [0.1, 0.15) is 49.0 Å². The fourth-order valence-electron chi connectivity index (χ4n) is 2.59. The van der Waals surface area contributed by atoms with Crippen LogP contribution in [0.25, 0.3) is 0 Å². The maximum Gasteiger partial charge on any atom is 0.229 e. The second-order valence-corrected chi connectivity index (χ2v) is 6.61. The molecule has 0 fully saturated rings. The number of carbonyl (C=O) groups is 1. The number of aromatic nitrogens is 2. The predicted octanol–water partition coefficient (Wildman–Crippen LogP) is 4.36. The van der Waals surface area contributed by atoms with Crippen molar-refractivity contribution in [2.45, 2.75) is 39.0 Å². The third-order valence-electron chi connectivity index (χ3n) is 4.06. The summed E-state index contributed by atoms with van der Waals surface area (Å²) < 4.78 is 5.22. The Morgan fingerprint density at radius 2 is 1.77 bits per heavy atom. The van der Waals surface area contributed by atoms with Gasteiger partial charge in [0.2, 0.25) is 11.8 Å². The van der Waals surface area contributed by atoms with E-state index in [1.165, 1.54) is 5.56 Å². The van der Waals surface area contributed by atoms with Crippen molar-refractivity contribution in [2.75, 3.05) is 5.32 Å². The summed E-state index contributed by atoms with van der Waals surface area (Å²) in [6.45, 7) is 4.04. The van der Waals surface area contributed by atoms with E-state index in [1.807, 2.05) is 68.4 Å². The zero-order valence-corrected chi connectivity index (χ0v) is 15.1. The summed E-state index contributed by atoms with van der Waals surface area (Å²) >= 11 is 0. The lowest BCUT2D eigenvalue weighted by Crippen LogP contribution is -2.12. The Kier molecular flexibility index (Phi) is 5.79. The van der Waals surface area contributed by atoms with Crippen LogP contribution in [0.15, 0.2) is 59.1 Å². The number of benzene rings is 2. The van der Waals surface area contributed by atoms with Gasteiger partial charge in [0.25, 0.3) is 0 Å². The van der Waals surface area contributed by atoms with Gasteiger partial charge in [0, 0.05) is 24.4 Å². The molecule has 0 atom stereocenters. The predicted molar refractivity (Wildman–Crippen MR) is 101 cm³/mol. The van der Waals surface area contributed by atoms with Crippen molar-refractivity contribution in [3.8, 4) is 0 Å². The fourth-order valence-corrected chi connectivity index (χ4v) is 2.59. The highest BCUT2D eigenvalue weighted by atomic mass is 16.5. The molecular formula is C21H23N3O2. The molecule has 5 nitrogen and oxygen atoms in total. The van der Waals surface area contributed by atoms with E-state index in [4.69, 9.17) is 4.52 Å². The van der Waals surface area contributed by atoms with Crippen LogP contribution in [0.4, 0.5) is 5.69 Å². The molecule has 1 N–H and O–H groups in total. The van der Waals surface area contributed by atoms with Gasteiger partial charge in [-0.3, -0.25) is 4.79 Å². The summed E-state index contributed by atoms with van der Waals surface area (Å²) in [5, 5.41) is 6.93. The third-order valence-corrected chi connectivity index (χ3v) is 4.06. The standard InChI is InChI=1S/C21H23N3O2/c1-15(2)21-23-19(24-26-21)14-17-8-11-18(12-9-17)22-20(25)13-10-16-6-4-3-5-7-16/h3-9,11-12,15H,10,13-14H2,1-2H3,(H,22,25). The van der Waals surface area contributed by atoms with Gasteiger partial charge in [0.1, 0.15) is 0 Å². The molecule has 0 radical (unpaired) electrons. The highest BCUT2D eigenvalue weighted by Gasteiger charge is 2.10. The molecule has 0 saturated heterocycles. The molecule has 0 aliphatic carbocycles. The van der Waals surface area contributed by atoms with Crippen LogP contribution in [0.3, 0.4) is 0 Å². The van der Waals surface area contributed by atoms with Crippen molar-refractivity contribution in [3.63, 3.8) is 0 Å². The largest absolute Gasteiger partial charge is 0.339 e. The van der Waals surface area contributed by atoms with Crippen molar-refractivity contribution in [3.05, 3.63) is 77.4 Å². The Hall–Kier alpha value is -2.95. The Morgan fingerprint density at radius 1 is 1.04 bits per heavy atom. The van der Waals surface area contributed by atoms with Crippen molar-refractivity contribution >= 4 is 11.6 Å². The normalized spacial score (nSPS) is 10.9. The molecule has 3 rings (SSSR count). The van der Waals surface area contributed by atoms with E-state index in [1.54, 1.807) is 0 Å². The first-order valence-corrected chi connectivity index (χ1v) is 8.85. The monoisotopic (exact) mass is 349 g/mol. The Balaban J connectivity index is 1.51. The van der Waals surface area contributed by atoms with Gasteiger partial charge in [-0.1, -0.05) is 61.5 Å². The minimum atomic E-state index is 0.0151. The minimum Gasteiger partial charge on any atom is -0.339 e. The molecule has 3 aromatic rings. The average molecular weight is 349 g/mol. The minimum absolute atomic E-state index is 0.0151. The number of anilines is 1. The van der Waals surface area contributed by atoms with E-state index in [-0.39, 0.29) is 11.8 Å². The molecule has 0 bridgehead atoms. The number of rotatable bonds is 7. The first-order chi connectivity index (χ1) is 12.6. The van der Waals surface area contributed by atoms with Crippen molar-refractivity contribution < 1.29 is 9.32 Å². The van der Waals surface area contributed by atoms with E-state index >= 15 is 0 Å². The molecule has 134 valence electrons. The van der Waals surface area contributed by atoms with E-state index < -0.39 is 0 Å². The first kappa shape index (κ1) is 17.9. The Bertz CT molecular complexity index is 839. The number of amides is 1. The lowest BCUT2D eigenvalue weighted by molar-refractivity contribution is -0.116. The molecule has 0 aliphatic heterocycles. The molecular weight excluding hydrogens is 326 g/mol. The summed E-state index contributed by atoms with van der Waals surface area (Å²) in [6.07, 6.45) is 1.81. The number of nitrogens with one attached hydrogen (secondary N) is 1. The molecule has 1 amide bonds. The van der Waals surface area contributed by atoms with Crippen LogP contribution in [0.2, 0.25) is 0 Å². The van der Waals surface area contributed by atoms with Crippen molar-refractivity contribution in [1.82, 2.24) is 10.1 Å². The molecule has 1 aromatic heterocycles. The number of carbonyl (C=O) groups excluding carboxylic acids is 1. The van der Waals surface area contributed by atoms with Crippen LogP contribution < -0.4 is 5.32 Å². The molecule has 0 saturated carbocycles. The fraction of sp³-hybridized carbons (Fsp3) is 0.286. The summed E-state index contributed by atoms with van der Waals surface area (Å²) in [6, 6.07) is 17.8. The van der Waals surface area contributed by atoms with Gasteiger partial charge in [-0.25, -0.2) is 0 Å². The summed E-state index contributed by atoms with van der Waals surface area (Å²) in [7, 11) is 0. The molecule has 0 unspecified atom stereocenters. The summed E-state index contributed by atoms with van der Waals surface area (Å²) in [5.74, 6) is 1.57. The lowest BCUT2D eigenvalue weighted by Gasteiger charge is -2.06. The van der Waals surface area contributed by atoms with E-state index in [0.29, 0.717) is 24.6 Å². The zero-order valence-electron chi connectivity index (χ0n) is 15.1. The van der Waals surface area contributed by atoms with Gasteiger partial charge >= 0.3 is 0 Å². The third kappa shape index (κ3) is 5.02. The Morgan fingerprint density at radius 3 is 2.42 bits per heavy atom. The van der Waals surface area contributed by atoms with E-state index in [2.05, 4.69) is 15.5 Å². The summed E-state index contributed by atoms with van der Waals surface area (Å²) in [4.78, 5) is 16.5. The van der Waals surface area contributed by atoms with Gasteiger partial charge in [-0.05, 0) is 29.7 Å². The topological polar surface area (TPSA) is 68.0 Å². The highest BCUT2D eigenvalue weighted by molar-refractivity contribution is 5.90. The second kappa shape index (κ2) is 8.43. The number of aryl methyl sites for hydroxylation is 1. The maximum absolute atomic E-state index is 12.1. The quantitative estimate of drug-likeness (QED) is 0.688. The van der Waals surface area contributed by atoms with Gasteiger partial charge < -0.3 is 9.84 Å². The molecule has 5 heteroatoms. The van der Waals surface area contributed by atoms with E-state index in [9.17, 15) is 4.79 Å². The molecule has 2 aromatic carbocycles. The molecule has 0 aliphatic rings. The SMILES string of the molecule is CC(C)c1nc(Cc2ccc(NC(=O)CCc3ccccc3)cc2)no1. The van der Waals surface area contributed by atoms with Gasteiger partial charge in [-0.2, -0.15) is 4.98 Å². The van der Waals surface area contributed by atoms with Gasteiger partial charge in [0.05, 0.1) is 0 Å². The Labute approximate surface area is 153 Å². The van der Waals surface area contributed by atoms with Crippen LogP contribution in [-0.2, 0) is 17.6 Å². The van der Waals surface area contributed by atoms with Crippen LogP contribution >= 0.6 is 0 Å².